The van der Waals surface area contributed by atoms with Crippen LogP contribution in [0.4, 0.5) is 11.4 Å². The van der Waals surface area contributed by atoms with Crippen molar-refractivity contribution in [2.75, 3.05) is 22.6 Å². The summed E-state index contributed by atoms with van der Waals surface area (Å²) in [6.45, 7) is 4.41. The number of nitrogens with one attached hydrogen (secondary N) is 1. The zero-order chi connectivity index (χ0) is 14.3. The summed E-state index contributed by atoms with van der Waals surface area (Å²) >= 11 is 7.81. The minimum absolute atomic E-state index is 0.0108. The van der Waals surface area contributed by atoms with Gasteiger partial charge in [-0.15, -0.1) is 0 Å². The number of halogens is 1. The molecule has 19 heavy (non-hydrogen) atoms. The molecular formula is C14H21ClN2OS. The fourth-order valence-electron chi connectivity index (χ4n) is 1.41. The maximum atomic E-state index is 11.7. The van der Waals surface area contributed by atoms with E-state index in [-0.39, 0.29) is 5.91 Å². The third-order valence-corrected chi connectivity index (χ3v) is 4.45. The fourth-order valence-corrected chi connectivity index (χ4v) is 2.78. The standard InChI is InChI=1S/C14H21ClN2OS/c1-3-10(2)9-19-7-6-14(18)17-13-5-4-11(16)8-12(13)15/h4-5,8,10H,3,6-7,9,16H2,1-2H3,(H,17,18). The highest BCUT2D eigenvalue weighted by Crippen LogP contribution is 2.24. The topological polar surface area (TPSA) is 55.1 Å². The van der Waals surface area contributed by atoms with Gasteiger partial charge in [0.05, 0.1) is 10.7 Å². The van der Waals surface area contributed by atoms with Crippen molar-refractivity contribution >= 4 is 40.6 Å². The molecule has 0 spiro atoms. The Bertz CT molecular complexity index is 426. The summed E-state index contributed by atoms with van der Waals surface area (Å²) in [7, 11) is 0. The number of thioether (sulfide) groups is 1. The molecule has 3 N–H and O–H groups in total. The molecule has 1 aromatic carbocycles. The Hall–Kier alpha value is -0.870. The number of rotatable bonds is 7. The van der Waals surface area contributed by atoms with Crippen molar-refractivity contribution in [1.82, 2.24) is 0 Å². The molecule has 0 heterocycles. The van der Waals surface area contributed by atoms with Gasteiger partial charge in [-0.05, 0) is 29.9 Å². The molecule has 1 rings (SSSR count). The van der Waals surface area contributed by atoms with Gasteiger partial charge < -0.3 is 11.1 Å². The van der Waals surface area contributed by atoms with E-state index in [2.05, 4.69) is 19.2 Å². The van der Waals surface area contributed by atoms with Crippen LogP contribution in [0.2, 0.25) is 5.02 Å². The molecule has 1 atom stereocenters. The van der Waals surface area contributed by atoms with Crippen LogP contribution in [0.25, 0.3) is 0 Å². The molecule has 0 fully saturated rings. The summed E-state index contributed by atoms with van der Waals surface area (Å²) in [4.78, 5) is 11.7. The predicted octanol–water partition coefficient (Wildman–Crippen LogP) is 4.03. The number of nitrogen functional groups attached to an aromatic ring is 1. The lowest BCUT2D eigenvalue weighted by Gasteiger charge is -2.09. The van der Waals surface area contributed by atoms with E-state index in [1.54, 1.807) is 18.2 Å². The van der Waals surface area contributed by atoms with Crippen molar-refractivity contribution in [1.29, 1.82) is 0 Å². The fraction of sp³-hybridized carbons (Fsp3) is 0.500. The predicted molar refractivity (Wildman–Crippen MR) is 85.9 cm³/mol. The van der Waals surface area contributed by atoms with Crippen molar-refractivity contribution in [3.8, 4) is 0 Å². The first kappa shape index (κ1) is 16.2. The van der Waals surface area contributed by atoms with Crippen molar-refractivity contribution in [2.45, 2.75) is 26.7 Å². The lowest BCUT2D eigenvalue weighted by atomic mass is 10.2. The number of benzene rings is 1. The van der Waals surface area contributed by atoms with Crippen molar-refractivity contribution in [2.24, 2.45) is 5.92 Å². The number of nitrogens with two attached hydrogens (primary N) is 1. The first-order valence-corrected chi connectivity index (χ1v) is 7.98. The molecule has 0 radical (unpaired) electrons. The molecule has 0 aliphatic carbocycles. The molecule has 5 heteroatoms. The third-order valence-electron chi connectivity index (χ3n) is 2.84. The molecule has 1 unspecified atom stereocenters. The number of hydrogen-bond acceptors (Lipinski definition) is 3. The summed E-state index contributed by atoms with van der Waals surface area (Å²) in [5.74, 6) is 2.64. The summed E-state index contributed by atoms with van der Waals surface area (Å²) < 4.78 is 0. The van der Waals surface area contributed by atoms with Crippen LogP contribution in [-0.4, -0.2) is 17.4 Å². The van der Waals surface area contributed by atoms with Crippen LogP contribution in [0.15, 0.2) is 18.2 Å². The molecule has 1 amide bonds. The number of carbonyl (C=O) groups excluding carboxylic acids is 1. The number of anilines is 2. The Morgan fingerprint density at radius 2 is 2.26 bits per heavy atom. The summed E-state index contributed by atoms with van der Waals surface area (Å²) in [5, 5.41) is 3.27. The molecule has 106 valence electrons. The van der Waals surface area contributed by atoms with Gasteiger partial charge in [0.15, 0.2) is 0 Å². The van der Waals surface area contributed by atoms with E-state index in [4.69, 9.17) is 17.3 Å². The second kappa shape index (κ2) is 8.33. The zero-order valence-electron chi connectivity index (χ0n) is 11.4. The zero-order valence-corrected chi connectivity index (χ0v) is 13.0. The van der Waals surface area contributed by atoms with Crippen LogP contribution in [0.5, 0.6) is 0 Å². The van der Waals surface area contributed by atoms with Gasteiger partial charge in [-0.25, -0.2) is 0 Å². The smallest absolute Gasteiger partial charge is 0.225 e. The molecule has 1 aromatic rings. The van der Waals surface area contributed by atoms with Gasteiger partial charge in [-0.1, -0.05) is 31.9 Å². The largest absolute Gasteiger partial charge is 0.399 e. The first-order chi connectivity index (χ1) is 9.02. The van der Waals surface area contributed by atoms with Crippen LogP contribution in [0.1, 0.15) is 26.7 Å². The molecule has 3 nitrogen and oxygen atoms in total. The summed E-state index contributed by atoms with van der Waals surface area (Å²) in [6, 6.07) is 5.08. The average Bonchev–Trinajstić information content (AvgIpc) is 2.37. The van der Waals surface area contributed by atoms with Crippen LogP contribution >= 0.6 is 23.4 Å². The van der Waals surface area contributed by atoms with E-state index in [1.807, 2.05) is 11.8 Å². The van der Waals surface area contributed by atoms with Crippen molar-refractivity contribution in [3.63, 3.8) is 0 Å². The van der Waals surface area contributed by atoms with Gasteiger partial charge in [0.25, 0.3) is 0 Å². The van der Waals surface area contributed by atoms with Gasteiger partial charge in [0, 0.05) is 17.9 Å². The van der Waals surface area contributed by atoms with Gasteiger partial charge in [0.2, 0.25) is 5.91 Å². The van der Waals surface area contributed by atoms with Crippen LogP contribution in [0, 0.1) is 5.92 Å². The maximum Gasteiger partial charge on any atom is 0.225 e. The van der Waals surface area contributed by atoms with E-state index in [9.17, 15) is 4.79 Å². The quantitative estimate of drug-likeness (QED) is 0.590. The van der Waals surface area contributed by atoms with Crippen LogP contribution < -0.4 is 11.1 Å². The van der Waals surface area contributed by atoms with E-state index in [0.717, 1.165) is 11.5 Å². The molecule has 0 saturated heterocycles. The average molecular weight is 301 g/mol. The second-order valence-electron chi connectivity index (χ2n) is 4.63. The lowest BCUT2D eigenvalue weighted by molar-refractivity contribution is -0.115. The van der Waals surface area contributed by atoms with Crippen LogP contribution in [0.3, 0.4) is 0 Å². The van der Waals surface area contributed by atoms with E-state index < -0.39 is 0 Å². The van der Waals surface area contributed by atoms with Gasteiger partial charge >= 0.3 is 0 Å². The molecule has 0 aromatic heterocycles. The first-order valence-electron chi connectivity index (χ1n) is 6.45. The van der Waals surface area contributed by atoms with Crippen molar-refractivity contribution in [3.05, 3.63) is 23.2 Å². The van der Waals surface area contributed by atoms with E-state index >= 15 is 0 Å². The SMILES string of the molecule is CCC(C)CSCCC(=O)Nc1ccc(N)cc1Cl. The molecular weight excluding hydrogens is 280 g/mol. The Kier molecular flexibility index (Phi) is 7.10. The number of amides is 1. The highest BCUT2D eigenvalue weighted by atomic mass is 35.5. The minimum atomic E-state index is -0.0108. The monoisotopic (exact) mass is 300 g/mol. The number of carbonyl (C=O) groups is 1. The lowest BCUT2D eigenvalue weighted by Crippen LogP contribution is -2.13. The molecule has 0 saturated carbocycles. The van der Waals surface area contributed by atoms with Crippen molar-refractivity contribution < 1.29 is 4.79 Å². The molecule has 0 aliphatic rings. The Balaban J connectivity index is 2.31. The summed E-state index contributed by atoms with van der Waals surface area (Å²) in [5.41, 5.74) is 6.81. The Morgan fingerprint density at radius 1 is 1.53 bits per heavy atom. The second-order valence-corrected chi connectivity index (χ2v) is 6.18. The minimum Gasteiger partial charge on any atom is -0.399 e. The Labute approximate surface area is 124 Å². The molecule has 0 aliphatic heterocycles. The van der Waals surface area contributed by atoms with Gasteiger partial charge in [-0.2, -0.15) is 11.8 Å². The molecule has 0 bridgehead atoms. The normalized spacial score (nSPS) is 12.2. The van der Waals surface area contributed by atoms with E-state index in [1.165, 1.54) is 6.42 Å². The third kappa shape index (κ3) is 6.21. The van der Waals surface area contributed by atoms with Crippen LogP contribution in [-0.2, 0) is 4.79 Å². The Morgan fingerprint density at radius 3 is 2.89 bits per heavy atom. The van der Waals surface area contributed by atoms with Gasteiger partial charge in [-0.3, -0.25) is 4.79 Å². The van der Waals surface area contributed by atoms with Gasteiger partial charge in [0.1, 0.15) is 0 Å². The highest BCUT2D eigenvalue weighted by Gasteiger charge is 2.06. The highest BCUT2D eigenvalue weighted by molar-refractivity contribution is 7.99. The van der Waals surface area contributed by atoms with E-state index in [0.29, 0.717) is 28.7 Å². The summed E-state index contributed by atoms with van der Waals surface area (Å²) in [6.07, 6.45) is 1.68. The maximum absolute atomic E-state index is 11.7. The number of hydrogen-bond donors (Lipinski definition) is 2.